The molecule has 23 heteroatoms. The van der Waals surface area contributed by atoms with Crippen molar-refractivity contribution in [2.24, 2.45) is 17.6 Å². The third-order valence-corrected chi connectivity index (χ3v) is 16.4. The fraction of sp³-hybridized carbons (Fsp3) is 0.500. The van der Waals surface area contributed by atoms with Crippen LogP contribution in [0.2, 0.25) is 0 Å². The summed E-state index contributed by atoms with van der Waals surface area (Å²) in [4.78, 5) is 111. The van der Waals surface area contributed by atoms with Crippen LogP contribution >= 0.6 is 22.7 Å². The molecule has 83 heavy (non-hydrogen) atoms. The Morgan fingerprint density at radius 2 is 1.05 bits per heavy atom. The summed E-state index contributed by atoms with van der Waals surface area (Å²) < 4.78 is 21.2. The van der Waals surface area contributed by atoms with Gasteiger partial charge < -0.3 is 57.2 Å². The maximum atomic E-state index is 13.7. The number of carboxylic acids is 1. The molecule has 2 aromatic carbocycles. The van der Waals surface area contributed by atoms with Crippen molar-refractivity contribution in [3.8, 4) is 11.5 Å². The molecule has 2 aliphatic carbocycles. The number of ketones is 4. The molecule has 8 rings (SSSR count). The van der Waals surface area contributed by atoms with E-state index >= 15 is 0 Å². The number of aliphatic carboxylic acids is 1. The van der Waals surface area contributed by atoms with E-state index in [0.29, 0.717) is 58.2 Å². The minimum Gasteiger partial charge on any atom is -0.497 e. The van der Waals surface area contributed by atoms with Crippen LogP contribution in [0.25, 0.3) is 0 Å². The molecule has 4 heterocycles. The molecular weight excluding hydrogens is 1100 g/mol. The molecular formula is C60H78N8O13S2. The average Bonchev–Trinajstić information content (AvgIpc) is 4.18. The maximum Gasteiger partial charge on any atom is 0.308 e. The number of allylic oxidation sites excluding steroid dienone is 2. The number of hydrogen-bond acceptors (Lipinski definition) is 19. The highest BCUT2D eigenvalue weighted by Gasteiger charge is 2.51. The maximum absolute atomic E-state index is 13.7. The SMILES string of the molecule is COc1ccc(C[C@H](CC(=O)[C@H](C)N)C(=O)N[C@@H](CC2=CCCC2)C(=O)[C@@]2(C)CO2)cc1.COc1ccc(C[C@H](CC(=O)[C@H](C)NC(=O)Cc2cnc(N)s2)C(=O)N[C@@H](CC2=CCCC2)C(=O)[C@@]2(C)CO2)cc1.Nc1ncc(CC(=O)O)s1. The molecule has 448 valence electrons. The monoisotopic (exact) mass is 1180 g/mol. The number of rotatable bonds is 29. The molecule has 2 aliphatic heterocycles. The van der Waals surface area contributed by atoms with Crippen LogP contribution in [-0.4, -0.2) is 125 Å². The minimum absolute atomic E-state index is 0.00880. The Bertz CT molecular complexity index is 2980. The number of Topliss-reactive ketones (excluding diaryl/α,β-unsaturated/α-hetero) is 4. The van der Waals surface area contributed by atoms with Crippen LogP contribution in [0, 0.1) is 11.8 Å². The molecule has 21 nitrogen and oxygen atoms in total. The van der Waals surface area contributed by atoms with Crippen molar-refractivity contribution in [2.75, 3.05) is 38.9 Å². The summed E-state index contributed by atoms with van der Waals surface area (Å²) in [6, 6.07) is 11.8. The van der Waals surface area contributed by atoms with E-state index in [1.807, 2.05) is 36.4 Å². The van der Waals surface area contributed by atoms with E-state index in [4.69, 9.17) is 41.3 Å². The Morgan fingerprint density at radius 1 is 0.639 bits per heavy atom. The van der Waals surface area contributed by atoms with Gasteiger partial charge in [0, 0.05) is 46.8 Å². The zero-order valence-corrected chi connectivity index (χ0v) is 49.6. The third-order valence-electron chi connectivity index (χ3n) is 14.8. The minimum atomic E-state index is -0.889. The van der Waals surface area contributed by atoms with E-state index in [1.54, 1.807) is 54.0 Å². The molecule has 0 bridgehead atoms. The first kappa shape index (κ1) is 65.0. The first-order valence-electron chi connectivity index (χ1n) is 27.8. The number of aromatic nitrogens is 2. The number of nitrogen functional groups attached to an aromatic ring is 2. The Hall–Kier alpha value is -7.18. The number of carbonyl (C=O) groups is 8. The topological polar surface area (TPSA) is 340 Å². The van der Waals surface area contributed by atoms with E-state index in [1.165, 1.54) is 40.6 Å². The van der Waals surface area contributed by atoms with Crippen molar-refractivity contribution in [1.29, 1.82) is 0 Å². The number of benzene rings is 2. The predicted molar refractivity (Wildman–Crippen MR) is 315 cm³/mol. The molecule has 10 N–H and O–H groups in total. The lowest BCUT2D eigenvalue weighted by Gasteiger charge is -2.24. The van der Waals surface area contributed by atoms with Gasteiger partial charge in [-0.05, 0) is 127 Å². The first-order chi connectivity index (χ1) is 39.5. The van der Waals surface area contributed by atoms with Crippen molar-refractivity contribution < 1.29 is 62.4 Å². The lowest BCUT2D eigenvalue weighted by atomic mass is 9.89. The number of nitrogens with zero attached hydrogens (tertiary/aromatic N) is 2. The number of hydrogen-bond donors (Lipinski definition) is 7. The molecule has 0 radical (unpaired) electrons. The quantitative estimate of drug-likeness (QED) is 0.0249. The highest BCUT2D eigenvalue weighted by molar-refractivity contribution is 7.15. The molecule has 2 aromatic heterocycles. The summed E-state index contributed by atoms with van der Waals surface area (Å²) in [7, 11) is 3.16. The van der Waals surface area contributed by atoms with Crippen molar-refractivity contribution in [3.63, 3.8) is 0 Å². The van der Waals surface area contributed by atoms with Gasteiger partial charge >= 0.3 is 5.97 Å². The van der Waals surface area contributed by atoms with Crippen LogP contribution in [-0.2, 0) is 73.5 Å². The normalized spacial score (nSPS) is 19.7. The number of amides is 3. The summed E-state index contributed by atoms with van der Waals surface area (Å²) in [6.07, 6.45) is 14.7. The Labute approximate surface area is 491 Å². The second-order valence-electron chi connectivity index (χ2n) is 21.8. The standard InChI is InChI=1S/C30H38N4O6S.C25H34N2O5.C5H6N2O2S/c1-18(33-26(36)15-23-16-32-29(31)41-23)25(35)14-21(12-20-8-10-22(39-3)11-9-20)28(38)34-24(13-19-6-4-5-7-19)27(37)30(2)17-40-30;1-16(26)22(28)14-19(12-18-8-10-20(31-3)11-9-18)24(30)27-21(13-17-6-4-5-7-17)23(29)25(2)15-32-25;6-5-7-2-3(10-5)1-4(8)9/h6,8-11,16,18,21,24H,4-5,7,12-15,17H2,1-3H3,(H2,31,32)(H,33,36)(H,34,38);6,8-11,16,19,21H,4-5,7,12-15,26H2,1-3H3,(H,27,30);2H,1H2,(H2,6,7)(H,8,9)/t18-,21+,24-,30+;16-,19+,21-,25+;/m00./s1. The van der Waals surface area contributed by atoms with E-state index in [0.717, 1.165) is 61.0 Å². The van der Waals surface area contributed by atoms with Crippen molar-refractivity contribution in [2.45, 2.75) is 153 Å². The number of carbonyl (C=O) groups excluding carboxylic acids is 7. The number of ether oxygens (including phenoxy) is 4. The molecule has 0 spiro atoms. The number of carboxylic acid groups (broad SMARTS) is 1. The number of anilines is 2. The predicted octanol–water partition coefficient (Wildman–Crippen LogP) is 5.80. The second kappa shape index (κ2) is 30.4. The zero-order valence-electron chi connectivity index (χ0n) is 48.0. The number of epoxide rings is 2. The van der Waals surface area contributed by atoms with Crippen molar-refractivity contribution in [1.82, 2.24) is 25.9 Å². The number of thiazole rings is 2. The van der Waals surface area contributed by atoms with E-state index in [9.17, 15) is 38.4 Å². The second-order valence-corrected chi connectivity index (χ2v) is 24.1. The number of nitrogens with one attached hydrogen (secondary N) is 3. The highest BCUT2D eigenvalue weighted by atomic mass is 32.1. The van der Waals surface area contributed by atoms with E-state index < -0.39 is 53.2 Å². The van der Waals surface area contributed by atoms with Gasteiger partial charge in [0.15, 0.2) is 27.6 Å². The van der Waals surface area contributed by atoms with Gasteiger partial charge in [-0.25, -0.2) is 9.97 Å². The Balaban J connectivity index is 0.000000233. The molecule has 8 atom stereocenters. The molecule has 0 unspecified atom stereocenters. The average molecular weight is 1180 g/mol. The smallest absolute Gasteiger partial charge is 0.308 e. The zero-order chi connectivity index (χ0) is 60.4. The Kier molecular flexibility index (Phi) is 23.8. The fourth-order valence-electron chi connectivity index (χ4n) is 9.55. The van der Waals surface area contributed by atoms with Crippen molar-refractivity contribution in [3.05, 3.63) is 105 Å². The molecule has 3 amide bonds. The van der Waals surface area contributed by atoms with Gasteiger partial charge in [0.2, 0.25) is 17.7 Å². The molecule has 2 saturated heterocycles. The molecule has 4 aromatic rings. The van der Waals surface area contributed by atoms with Crippen LogP contribution in [0.5, 0.6) is 11.5 Å². The van der Waals surface area contributed by atoms with E-state index in [-0.39, 0.29) is 73.0 Å². The molecule has 4 aliphatic rings. The van der Waals surface area contributed by atoms with Crippen LogP contribution in [0.15, 0.2) is 84.2 Å². The van der Waals surface area contributed by atoms with Crippen LogP contribution < -0.4 is 42.6 Å². The van der Waals surface area contributed by atoms with Gasteiger partial charge in [0.05, 0.1) is 64.4 Å². The summed E-state index contributed by atoms with van der Waals surface area (Å²) in [6.45, 7) is 7.42. The van der Waals surface area contributed by atoms with Crippen LogP contribution in [0.4, 0.5) is 10.3 Å². The van der Waals surface area contributed by atoms with Gasteiger partial charge in [0.25, 0.3) is 0 Å². The summed E-state index contributed by atoms with van der Waals surface area (Å²) in [5.41, 5.74) is 19.0. The largest absolute Gasteiger partial charge is 0.497 e. The van der Waals surface area contributed by atoms with Gasteiger partial charge in [-0.3, -0.25) is 38.4 Å². The van der Waals surface area contributed by atoms with Crippen LogP contribution in [0.3, 0.4) is 0 Å². The fourth-order valence-corrected chi connectivity index (χ4v) is 10.9. The lowest BCUT2D eigenvalue weighted by molar-refractivity contribution is -0.136. The summed E-state index contributed by atoms with van der Waals surface area (Å²) in [5, 5.41) is 17.7. The highest BCUT2D eigenvalue weighted by Crippen LogP contribution is 2.34. The van der Waals surface area contributed by atoms with Crippen molar-refractivity contribution >= 4 is 79.8 Å². The summed E-state index contributed by atoms with van der Waals surface area (Å²) >= 11 is 2.42. The van der Waals surface area contributed by atoms with Gasteiger partial charge in [0.1, 0.15) is 28.5 Å². The molecule has 0 saturated carbocycles. The molecule has 2 fully saturated rings. The lowest BCUT2D eigenvalue weighted by Crippen LogP contribution is -2.49. The van der Waals surface area contributed by atoms with Gasteiger partial charge in [-0.15, -0.1) is 22.7 Å². The van der Waals surface area contributed by atoms with E-state index in [2.05, 4.69) is 38.1 Å². The third kappa shape index (κ3) is 20.6. The number of nitrogens with two attached hydrogens (primary N) is 3. The summed E-state index contributed by atoms with van der Waals surface area (Å²) in [5.74, 6) is -2.59. The number of methoxy groups -OCH3 is 2. The van der Waals surface area contributed by atoms with Gasteiger partial charge in [-0.1, -0.05) is 47.6 Å². The Morgan fingerprint density at radius 3 is 1.39 bits per heavy atom. The first-order valence-corrected chi connectivity index (χ1v) is 29.4. The van der Waals surface area contributed by atoms with Crippen LogP contribution in [0.1, 0.15) is 113 Å². The van der Waals surface area contributed by atoms with Gasteiger partial charge in [-0.2, -0.15) is 0 Å².